The van der Waals surface area contributed by atoms with E-state index in [1.165, 1.54) is 4.88 Å². The van der Waals surface area contributed by atoms with Gasteiger partial charge in [0.05, 0.1) is 22.4 Å². The van der Waals surface area contributed by atoms with Crippen LogP contribution >= 0.6 is 34.5 Å². The van der Waals surface area contributed by atoms with Crippen molar-refractivity contribution in [1.29, 1.82) is 0 Å². The van der Waals surface area contributed by atoms with Crippen LogP contribution in [0.3, 0.4) is 0 Å². The maximum absolute atomic E-state index is 5.88. The largest absolute Gasteiger partial charge is 0.295 e. The quantitative estimate of drug-likeness (QED) is 0.862. The Morgan fingerprint density at radius 3 is 2.59 bits per heavy atom. The maximum atomic E-state index is 5.88. The predicted molar refractivity (Wildman–Crippen MR) is 71.5 cm³/mol. The molecule has 17 heavy (non-hydrogen) atoms. The molecule has 2 aromatic rings. The molecule has 0 saturated heterocycles. The number of rotatable bonds is 4. The number of halogens is 2. The van der Waals surface area contributed by atoms with E-state index in [0.717, 1.165) is 23.1 Å². The lowest BCUT2D eigenvalue weighted by Gasteiger charge is -2.14. The fourth-order valence-corrected chi connectivity index (χ4v) is 2.72. The minimum absolute atomic E-state index is 0.418. The number of hydrogen-bond acceptors (Lipinski definition) is 4. The first-order valence-corrected chi connectivity index (χ1v) is 6.60. The minimum Gasteiger partial charge on any atom is -0.295 e. The van der Waals surface area contributed by atoms with E-state index in [9.17, 15) is 0 Å². The molecule has 0 aromatic carbocycles. The molecule has 0 aliphatic heterocycles. The molecule has 0 N–H and O–H groups in total. The van der Waals surface area contributed by atoms with Crippen LogP contribution < -0.4 is 0 Å². The van der Waals surface area contributed by atoms with E-state index >= 15 is 0 Å². The Hall–Kier alpha value is -0.680. The van der Waals surface area contributed by atoms with Gasteiger partial charge in [-0.1, -0.05) is 23.2 Å². The van der Waals surface area contributed by atoms with Crippen molar-refractivity contribution in [2.45, 2.75) is 13.1 Å². The average molecular weight is 288 g/mol. The van der Waals surface area contributed by atoms with Gasteiger partial charge >= 0.3 is 0 Å². The van der Waals surface area contributed by atoms with Crippen LogP contribution in [0, 0.1) is 0 Å². The lowest BCUT2D eigenvalue weighted by Crippen LogP contribution is -2.17. The lowest BCUT2D eigenvalue weighted by atomic mass is 10.4. The van der Waals surface area contributed by atoms with E-state index in [0.29, 0.717) is 5.15 Å². The Labute approximate surface area is 114 Å². The molecule has 2 heterocycles. The number of nitrogens with zero attached hydrogens (tertiary/aromatic N) is 3. The highest BCUT2D eigenvalue weighted by Gasteiger charge is 2.05. The third-order valence-corrected chi connectivity index (χ3v) is 3.57. The van der Waals surface area contributed by atoms with Crippen LogP contribution in [-0.4, -0.2) is 21.9 Å². The van der Waals surface area contributed by atoms with Crippen molar-refractivity contribution >= 4 is 34.5 Å². The minimum atomic E-state index is 0.418. The molecule has 0 bridgehead atoms. The molecule has 0 amide bonds. The summed E-state index contributed by atoms with van der Waals surface area (Å²) in [7, 11) is 2.03. The summed E-state index contributed by atoms with van der Waals surface area (Å²) in [6.45, 7) is 1.58. The second kappa shape index (κ2) is 5.78. The van der Waals surface area contributed by atoms with Crippen LogP contribution in [0.1, 0.15) is 10.6 Å². The van der Waals surface area contributed by atoms with Crippen molar-refractivity contribution in [3.05, 3.63) is 44.6 Å². The molecule has 2 rings (SSSR count). The van der Waals surface area contributed by atoms with Gasteiger partial charge in [0.25, 0.3) is 0 Å². The SMILES string of the molecule is CN(Cc1cnc(Cl)cn1)Cc1ccc(Cl)s1. The Morgan fingerprint density at radius 1 is 1.18 bits per heavy atom. The topological polar surface area (TPSA) is 29.0 Å². The van der Waals surface area contributed by atoms with E-state index in [1.54, 1.807) is 23.7 Å². The monoisotopic (exact) mass is 287 g/mol. The Morgan fingerprint density at radius 2 is 2.00 bits per heavy atom. The zero-order valence-corrected chi connectivity index (χ0v) is 11.6. The molecule has 0 spiro atoms. The summed E-state index contributed by atoms with van der Waals surface area (Å²) in [5.41, 5.74) is 0.902. The first-order valence-electron chi connectivity index (χ1n) is 5.02. The fourth-order valence-electron chi connectivity index (χ4n) is 1.46. The molecule has 90 valence electrons. The number of hydrogen-bond donors (Lipinski definition) is 0. The summed E-state index contributed by atoms with van der Waals surface area (Å²) in [4.78, 5) is 11.6. The van der Waals surface area contributed by atoms with Crippen LogP contribution in [0.5, 0.6) is 0 Å². The molecule has 0 saturated carbocycles. The van der Waals surface area contributed by atoms with Crippen LogP contribution in [0.25, 0.3) is 0 Å². The zero-order valence-electron chi connectivity index (χ0n) is 9.23. The summed E-state index contributed by atoms with van der Waals surface area (Å²) in [5.74, 6) is 0. The third-order valence-electron chi connectivity index (χ3n) is 2.16. The van der Waals surface area contributed by atoms with E-state index < -0.39 is 0 Å². The zero-order chi connectivity index (χ0) is 12.3. The molecular formula is C11H11Cl2N3S. The van der Waals surface area contributed by atoms with Gasteiger partial charge in [0.15, 0.2) is 0 Å². The molecule has 0 radical (unpaired) electrons. The molecule has 0 fully saturated rings. The highest BCUT2D eigenvalue weighted by Crippen LogP contribution is 2.22. The Kier molecular flexibility index (Phi) is 4.34. The molecule has 0 aliphatic carbocycles. The third kappa shape index (κ3) is 3.92. The van der Waals surface area contributed by atoms with Crippen molar-refractivity contribution in [3.63, 3.8) is 0 Å². The predicted octanol–water partition coefficient (Wildman–Crippen LogP) is 3.48. The van der Waals surface area contributed by atoms with Crippen molar-refractivity contribution in [2.75, 3.05) is 7.05 Å². The van der Waals surface area contributed by atoms with Gasteiger partial charge < -0.3 is 0 Å². The van der Waals surface area contributed by atoms with Crippen molar-refractivity contribution in [1.82, 2.24) is 14.9 Å². The van der Waals surface area contributed by atoms with Gasteiger partial charge in [-0.15, -0.1) is 11.3 Å². The van der Waals surface area contributed by atoms with Crippen molar-refractivity contribution < 1.29 is 0 Å². The second-order valence-electron chi connectivity index (χ2n) is 3.71. The Balaban J connectivity index is 1.93. The van der Waals surface area contributed by atoms with Crippen molar-refractivity contribution in [2.24, 2.45) is 0 Å². The highest BCUT2D eigenvalue weighted by atomic mass is 35.5. The molecular weight excluding hydrogens is 277 g/mol. The molecule has 0 unspecified atom stereocenters. The normalized spacial score (nSPS) is 11.1. The molecule has 2 aromatic heterocycles. The number of aromatic nitrogens is 2. The Bertz CT molecular complexity index is 484. The smallest absolute Gasteiger partial charge is 0.147 e. The fraction of sp³-hybridized carbons (Fsp3) is 0.273. The first-order chi connectivity index (χ1) is 8.13. The summed E-state index contributed by atoms with van der Waals surface area (Å²) < 4.78 is 0.819. The second-order valence-corrected chi connectivity index (χ2v) is 5.90. The van der Waals surface area contributed by atoms with Gasteiger partial charge in [0, 0.05) is 18.0 Å². The van der Waals surface area contributed by atoms with Crippen LogP contribution in [0.15, 0.2) is 24.5 Å². The van der Waals surface area contributed by atoms with Gasteiger partial charge in [0.1, 0.15) is 5.15 Å². The van der Waals surface area contributed by atoms with E-state index in [2.05, 4.69) is 14.9 Å². The van der Waals surface area contributed by atoms with Crippen LogP contribution in [0.2, 0.25) is 9.49 Å². The summed E-state index contributed by atoms with van der Waals surface area (Å²) in [6, 6.07) is 3.95. The number of thiophene rings is 1. The van der Waals surface area contributed by atoms with Gasteiger partial charge in [0.2, 0.25) is 0 Å². The van der Waals surface area contributed by atoms with Crippen LogP contribution in [0.4, 0.5) is 0 Å². The van der Waals surface area contributed by atoms with Gasteiger partial charge in [-0.25, -0.2) is 4.98 Å². The van der Waals surface area contributed by atoms with Gasteiger partial charge in [-0.3, -0.25) is 9.88 Å². The average Bonchev–Trinajstić information content (AvgIpc) is 2.67. The van der Waals surface area contributed by atoms with Gasteiger partial charge in [-0.05, 0) is 19.2 Å². The molecule has 0 atom stereocenters. The first kappa shape index (κ1) is 12.8. The van der Waals surface area contributed by atoms with Crippen molar-refractivity contribution in [3.8, 4) is 0 Å². The maximum Gasteiger partial charge on any atom is 0.147 e. The van der Waals surface area contributed by atoms with E-state index in [4.69, 9.17) is 23.2 Å². The molecule has 0 aliphatic rings. The summed E-state index contributed by atoms with van der Waals surface area (Å²) >= 11 is 13.2. The highest BCUT2D eigenvalue weighted by molar-refractivity contribution is 7.16. The summed E-state index contributed by atoms with van der Waals surface area (Å²) in [5, 5.41) is 0.418. The van der Waals surface area contributed by atoms with E-state index in [-0.39, 0.29) is 0 Å². The van der Waals surface area contributed by atoms with E-state index in [1.807, 2.05) is 19.2 Å². The summed E-state index contributed by atoms with van der Waals surface area (Å²) in [6.07, 6.45) is 3.26. The molecule has 6 heteroatoms. The standard InChI is InChI=1S/C11H11Cl2N3S/c1-16(7-9-2-3-11(13)17-9)6-8-4-15-10(12)5-14-8/h2-5H,6-7H2,1H3. The van der Waals surface area contributed by atoms with Crippen LogP contribution in [-0.2, 0) is 13.1 Å². The van der Waals surface area contributed by atoms with Gasteiger partial charge in [-0.2, -0.15) is 0 Å². The lowest BCUT2D eigenvalue weighted by molar-refractivity contribution is 0.317. The molecule has 3 nitrogen and oxygen atoms in total.